The van der Waals surface area contributed by atoms with Crippen LogP contribution in [0.25, 0.3) is 11.0 Å². The summed E-state index contributed by atoms with van der Waals surface area (Å²) in [5.41, 5.74) is 0.572. The molecule has 0 saturated carbocycles. The molecule has 9 heteroatoms. The van der Waals surface area contributed by atoms with Crippen molar-refractivity contribution in [1.82, 2.24) is 14.7 Å². The first-order chi connectivity index (χ1) is 10.4. The highest BCUT2D eigenvalue weighted by molar-refractivity contribution is 7.89. The Balaban J connectivity index is 1.94. The van der Waals surface area contributed by atoms with Crippen LogP contribution in [0.5, 0.6) is 0 Å². The quantitative estimate of drug-likeness (QED) is 0.532. The van der Waals surface area contributed by atoms with Gasteiger partial charge >= 0.3 is 11.7 Å². The third-order valence-electron chi connectivity index (χ3n) is 3.16. The van der Waals surface area contributed by atoms with Gasteiger partial charge in [0, 0.05) is 13.0 Å². The SMILES string of the molecule is O=C(O)CCCCCNS(=O)(=O)c1ccc2[nH]c(=O)[nH]c2c1. The fourth-order valence-electron chi connectivity index (χ4n) is 2.05. The number of carboxylic acids is 1. The zero-order valence-electron chi connectivity index (χ0n) is 11.8. The normalized spacial score (nSPS) is 11.8. The summed E-state index contributed by atoms with van der Waals surface area (Å²) in [4.78, 5) is 26.6. The lowest BCUT2D eigenvalue weighted by atomic mass is 10.2. The molecular formula is C13H17N3O5S. The highest BCUT2D eigenvalue weighted by Gasteiger charge is 2.14. The summed E-state index contributed by atoms with van der Waals surface area (Å²) in [6.07, 6.45) is 1.81. The van der Waals surface area contributed by atoms with Crippen molar-refractivity contribution in [2.75, 3.05) is 6.54 Å². The first kappa shape index (κ1) is 16.2. The standard InChI is InChI=1S/C13H17N3O5S/c17-12(18)4-2-1-3-7-14-22(20,21)9-5-6-10-11(8-9)16-13(19)15-10/h5-6,8,14H,1-4,7H2,(H,17,18)(H2,15,16,19). The molecule has 0 radical (unpaired) electrons. The molecule has 8 nitrogen and oxygen atoms in total. The van der Waals surface area contributed by atoms with Crippen molar-refractivity contribution in [3.05, 3.63) is 28.7 Å². The average molecular weight is 327 g/mol. The van der Waals surface area contributed by atoms with Gasteiger partial charge in [0.15, 0.2) is 0 Å². The van der Waals surface area contributed by atoms with Crippen molar-refractivity contribution < 1.29 is 18.3 Å². The number of nitrogens with one attached hydrogen (secondary N) is 3. The van der Waals surface area contributed by atoms with Crippen LogP contribution < -0.4 is 10.4 Å². The first-order valence-corrected chi connectivity index (χ1v) is 8.30. The van der Waals surface area contributed by atoms with E-state index < -0.39 is 21.7 Å². The van der Waals surface area contributed by atoms with Gasteiger partial charge in [0.2, 0.25) is 10.0 Å². The zero-order chi connectivity index (χ0) is 16.2. The van der Waals surface area contributed by atoms with Crippen LogP contribution in [-0.2, 0) is 14.8 Å². The van der Waals surface area contributed by atoms with E-state index in [2.05, 4.69) is 14.7 Å². The lowest BCUT2D eigenvalue weighted by Crippen LogP contribution is -2.24. The molecular weight excluding hydrogens is 310 g/mol. The number of aliphatic carboxylic acids is 1. The number of aromatic nitrogens is 2. The molecule has 0 fully saturated rings. The molecule has 1 heterocycles. The second-order valence-corrected chi connectivity index (χ2v) is 6.66. The largest absolute Gasteiger partial charge is 0.481 e. The lowest BCUT2D eigenvalue weighted by molar-refractivity contribution is -0.137. The average Bonchev–Trinajstić information content (AvgIpc) is 2.81. The number of carbonyl (C=O) groups is 1. The first-order valence-electron chi connectivity index (χ1n) is 6.82. The fourth-order valence-corrected chi connectivity index (χ4v) is 3.15. The van der Waals surface area contributed by atoms with Crippen molar-refractivity contribution in [1.29, 1.82) is 0 Å². The van der Waals surface area contributed by atoms with Crippen LogP contribution in [0.4, 0.5) is 0 Å². The van der Waals surface area contributed by atoms with Gasteiger partial charge in [-0.25, -0.2) is 17.9 Å². The molecule has 0 aliphatic carbocycles. The summed E-state index contributed by atoms with van der Waals surface area (Å²) in [5.74, 6) is -0.852. The Morgan fingerprint density at radius 3 is 2.59 bits per heavy atom. The number of sulfonamides is 1. The Labute approximate surface area is 126 Å². The van der Waals surface area contributed by atoms with E-state index in [0.29, 0.717) is 30.3 Å². The van der Waals surface area contributed by atoms with E-state index >= 15 is 0 Å². The van der Waals surface area contributed by atoms with Gasteiger partial charge in [-0.05, 0) is 31.0 Å². The predicted octanol–water partition coefficient (Wildman–Crippen LogP) is 0.780. The number of H-pyrrole nitrogens is 2. The number of hydrogen-bond acceptors (Lipinski definition) is 4. The van der Waals surface area contributed by atoms with Crippen molar-refractivity contribution in [3.63, 3.8) is 0 Å². The van der Waals surface area contributed by atoms with Crippen molar-refractivity contribution in [2.45, 2.75) is 30.6 Å². The number of imidazole rings is 1. The Bertz CT molecular complexity index is 822. The highest BCUT2D eigenvalue weighted by atomic mass is 32.2. The van der Waals surface area contributed by atoms with E-state index in [1.54, 1.807) is 0 Å². The summed E-state index contributed by atoms with van der Waals surface area (Å²) in [7, 11) is -3.65. The van der Waals surface area contributed by atoms with Gasteiger partial charge < -0.3 is 15.1 Å². The molecule has 4 N–H and O–H groups in total. The molecule has 22 heavy (non-hydrogen) atoms. The molecule has 0 aliphatic heterocycles. The summed E-state index contributed by atoms with van der Waals surface area (Å²) in [6.45, 7) is 0.240. The van der Waals surface area contributed by atoms with Gasteiger partial charge in [-0.15, -0.1) is 0 Å². The number of fused-ring (bicyclic) bond motifs is 1. The Kier molecular flexibility index (Phi) is 4.99. The molecule has 2 aromatic rings. The Morgan fingerprint density at radius 2 is 1.86 bits per heavy atom. The van der Waals surface area contributed by atoms with Crippen LogP contribution in [0.2, 0.25) is 0 Å². The van der Waals surface area contributed by atoms with Crippen LogP contribution >= 0.6 is 0 Å². The minimum atomic E-state index is -3.65. The predicted molar refractivity (Wildman–Crippen MR) is 80.2 cm³/mol. The molecule has 0 bridgehead atoms. The summed E-state index contributed by atoms with van der Waals surface area (Å²) < 4.78 is 26.7. The molecule has 0 aliphatic rings. The van der Waals surface area contributed by atoms with Gasteiger partial charge in [-0.1, -0.05) is 6.42 Å². The molecule has 0 saturated heterocycles. The van der Waals surface area contributed by atoms with Crippen LogP contribution in [0, 0.1) is 0 Å². The van der Waals surface area contributed by atoms with Crippen molar-refractivity contribution in [3.8, 4) is 0 Å². The van der Waals surface area contributed by atoms with Crippen LogP contribution in [0.1, 0.15) is 25.7 Å². The van der Waals surface area contributed by atoms with Crippen LogP contribution in [-0.4, -0.2) is 36.0 Å². The summed E-state index contributed by atoms with van der Waals surface area (Å²) >= 11 is 0. The second-order valence-electron chi connectivity index (χ2n) is 4.89. The molecule has 2 rings (SSSR count). The molecule has 1 aromatic heterocycles. The Hall–Kier alpha value is -2.13. The molecule has 1 aromatic carbocycles. The van der Waals surface area contributed by atoms with E-state index in [1.807, 2.05) is 0 Å². The smallest absolute Gasteiger partial charge is 0.323 e. The molecule has 0 spiro atoms. The molecule has 0 unspecified atom stereocenters. The summed E-state index contributed by atoms with van der Waals surface area (Å²) in [5, 5.41) is 8.50. The monoisotopic (exact) mass is 327 g/mol. The van der Waals surface area contributed by atoms with Gasteiger partial charge in [0.1, 0.15) is 0 Å². The van der Waals surface area contributed by atoms with Crippen LogP contribution in [0.3, 0.4) is 0 Å². The van der Waals surface area contributed by atoms with E-state index in [9.17, 15) is 18.0 Å². The number of unbranched alkanes of at least 4 members (excludes halogenated alkanes) is 2. The van der Waals surface area contributed by atoms with Gasteiger partial charge in [-0.3, -0.25) is 4.79 Å². The summed E-state index contributed by atoms with van der Waals surface area (Å²) in [6, 6.07) is 4.33. The van der Waals surface area contributed by atoms with E-state index in [4.69, 9.17) is 5.11 Å². The van der Waals surface area contributed by atoms with Crippen molar-refractivity contribution >= 4 is 27.0 Å². The fraction of sp³-hybridized carbons (Fsp3) is 0.385. The van der Waals surface area contributed by atoms with Crippen LogP contribution in [0.15, 0.2) is 27.9 Å². The third kappa shape index (κ3) is 4.18. The number of aromatic amines is 2. The number of hydrogen-bond donors (Lipinski definition) is 4. The second kappa shape index (κ2) is 6.75. The maximum atomic E-state index is 12.1. The minimum Gasteiger partial charge on any atom is -0.481 e. The number of rotatable bonds is 8. The maximum absolute atomic E-state index is 12.1. The topological polar surface area (TPSA) is 132 Å². The third-order valence-corrected chi connectivity index (χ3v) is 4.62. The number of benzene rings is 1. The Morgan fingerprint density at radius 1 is 1.14 bits per heavy atom. The van der Waals surface area contributed by atoms with Gasteiger partial charge in [0.05, 0.1) is 15.9 Å². The highest BCUT2D eigenvalue weighted by Crippen LogP contribution is 2.14. The molecule has 0 amide bonds. The van der Waals surface area contributed by atoms with E-state index in [-0.39, 0.29) is 17.9 Å². The molecule has 120 valence electrons. The number of carboxylic acid groups (broad SMARTS) is 1. The molecule has 0 atom stereocenters. The van der Waals surface area contributed by atoms with Gasteiger partial charge in [0.25, 0.3) is 0 Å². The lowest BCUT2D eigenvalue weighted by Gasteiger charge is -2.06. The van der Waals surface area contributed by atoms with Gasteiger partial charge in [-0.2, -0.15) is 0 Å². The maximum Gasteiger partial charge on any atom is 0.323 e. The van der Waals surface area contributed by atoms with E-state index in [1.165, 1.54) is 18.2 Å². The minimum absolute atomic E-state index is 0.0702. The van der Waals surface area contributed by atoms with Crippen molar-refractivity contribution in [2.24, 2.45) is 0 Å². The van der Waals surface area contributed by atoms with E-state index in [0.717, 1.165) is 0 Å². The zero-order valence-corrected chi connectivity index (χ0v) is 12.6.